The van der Waals surface area contributed by atoms with E-state index in [2.05, 4.69) is 0 Å². The van der Waals surface area contributed by atoms with E-state index in [-0.39, 0.29) is 32.4 Å². The predicted octanol–water partition coefficient (Wildman–Crippen LogP) is 0.853. The van der Waals surface area contributed by atoms with Crippen molar-refractivity contribution in [3.63, 3.8) is 0 Å². The van der Waals surface area contributed by atoms with E-state index in [4.69, 9.17) is 9.84 Å². The first-order valence-corrected chi connectivity index (χ1v) is 6.62. The highest BCUT2D eigenvalue weighted by molar-refractivity contribution is 5.69. The molecule has 5 heteroatoms. The molecule has 0 aromatic carbocycles. The zero-order valence-electron chi connectivity index (χ0n) is 11.2. The third-order valence-corrected chi connectivity index (χ3v) is 3.25. The van der Waals surface area contributed by atoms with Crippen LogP contribution in [0.25, 0.3) is 0 Å². The zero-order chi connectivity index (χ0) is 13.9. The van der Waals surface area contributed by atoms with Gasteiger partial charge in [-0.1, -0.05) is 19.8 Å². The van der Waals surface area contributed by atoms with Crippen LogP contribution in [0.15, 0.2) is 0 Å². The van der Waals surface area contributed by atoms with Gasteiger partial charge in [-0.15, -0.1) is 0 Å². The molecule has 108 valence electrons. The van der Waals surface area contributed by atoms with Crippen LogP contribution in [0.2, 0.25) is 0 Å². The molecule has 0 aliphatic heterocycles. The maximum Gasteiger partial charge on any atom is 0.305 e. The van der Waals surface area contributed by atoms with Crippen molar-refractivity contribution in [1.82, 2.24) is 0 Å². The minimum absolute atomic E-state index is 0.0615. The van der Waals surface area contributed by atoms with E-state index in [1.807, 2.05) is 6.92 Å². The summed E-state index contributed by atoms with van der Waals surface area (Å²) in [7, 11) is 0. The third-order valence-electron chi connectivity index (χ3n) is 3.25. The zero-order valence-corrected chi connectivity index (χ0v) is 11.2. The molecule has 0 saturated carbocycles. The Morgan fingerprint density at radius 1 is 1.06 bits per heavy atom. The van der Waals surface area contributed by atoms with Gasteiger partial charge in [0.25, 0.3) is 0 Å². The number of carbonyl (C=O) groups excluding carboxylic acids is 1. The quantitative estimate of drug-likeness (QED) is 0.379. The molecule has 5 nitrogen and oxygen atoms in total. The van der Waals surface area contributed by atoms with E-state index < -0.39 is 5.41 Å². The Morgan fingerprint density at radius 3 is 2.17 bits per heavy atom. The topological polar surface area (TPSA) is 87.0 Å². The molecule has 0 saturated heterocycles. The van der Waals surface area contributed by atoms with Crippen LogP contribution in [-0.2, 0) is 9.53 Å². The highest BCUT2D eigenvalue weighted by Gasteiger charge is 2.28. The maximum atomic E-state index is 11.4. The normalized spacial score (nSPS) is 11.6. The van der Waals surface area contributed by atoms with E-state index in [1.165, 1.54) is 0 Å². The molecule has 0 aromatic rings. The van der Waals surface area contributed by atoms with E-state index >= 15 is 0 Å². The lowest BCUT2D eigenvalue weighted by Crippen LogP contribution is -2.35. The lowest BCUT2D eigenvalue weighted by atomic mass is 9.88. The Balaban J connectivity index is 3.74. The summed E-state index contributed by atoms with van der Waals surface area (Å²) in [6.07, 6.45) is 4.23. The Bertz CT molecular complexity index is 205. The van der Waals surface area contributed by atoms with Gasteiger partial charge in [-0.2, -0.15) is 0 Å². The van der Waals surface area contributed by atoms with Crippen LogP contribution < -0.4 is 0 Å². The summed E-state index contributed by atoms with van der Waals surface area (Å²) < 4.78 is 5.08. The molecular formula is C13H26O5. The van der Waals surface area contributed by atoms with Crippen molar-refractivity contribution in [2.24, 2.45) is 5.41 Å². The number of hydrogen-bond donors (Lipinski definition) is 3. The van der Waals surface area contributed by atoms with Crippen molar-refractivity contribution in [1.29, 1.82) is 0 Å². The summed E-state index contributed by atoms with van der Waals surface area (Å²) >= 11 is 0. The van der Waals surface area contributed by atoms with Crippen LogP contribution in [0.1, 0.15) is 45.4 Å². The van der Waals surface area contributed by atoms with E-state index in [0.29, 0.717) is 12.8 Å². The molecule has 0 bridgehead atoms. The molecule has 18 heavy (non-hydrogen) atoms. The summed E-state index contributed by atoms with van der Waals surface area (Å²) in [5, 5.41) is 27.0. The summed E-state index contributed by atoms with van der Waals surface area (Å²) in [4.78, 5) is 11.4. The maximum absolute atomic E-state index is 11.4. The van der Waals surface area contributed by atoms with Gasteiger partial charge in [-0.25, -0.2) is 0 Å². The monoisotopic (exact) mass is 262 g/mol. The number of aliphatic hydroxyl groups excluding tert-OH is 3. The van der Waals surface area contributed by atoms with Gasteiger partial charge in [0, 0.05) is 13.0 Å². The molecule has 0 aromatic heterocycles. The van der Waals surface area contributed by atoms with Crippen LogP contribution in [0.3, 0.4) is 0 Å². The van der Waals surface area contributed by atoms with Crippen LogP contribution in [0, 0.1) is 5.41 Å². The molecule has 0 fully saturated rings. The van der Waals surface area contributed by atoms with Gasteiger partial charge in [0.1, 0.15) is 6.61 Å². The van der Waals surface area contributed by atoms with Crippen LogP contribution in [0.4, 0.5) is 0 Å². The number of unbranched alkanes of at least 4 members (excludes halogenated alkanes) is 3. The van der Waals surface area contributed by atoms with Gasteiger partial charge < -0.3 is 20.1 Å². The lowest BCUT2D eigenvalue weighted by molar-refractivity contribution is -0.149. The molecule has 0 atom stereocenters. The van der Waals surface area contributed by atoms with Crippen molar-refractivity contribution in [2.75, 3.05) is 26.4 Å². The highest BCUT2D eigenvalue weighted by Crippen LogP contribution is 2.21. The fraction of sp³-hybridized carbons (Fsp3) is 0.923. The van der Waals surface area contributed by atoms with Crippen molar-refractivity contribution in [2.45, 2.75) is 45.4 Å². The minimum atomic E-state index is -0.716. The first-order chi connectivity index (χ1) is 8.64. The minimum Gasteiger partial charge on any atom is -0.465 e. The fourth-order valence-corrected chi connectivity index (χ4v) is 1.51. The molecule has 0 rings (SSSR count). The second-order valence-electron chi connectivity index (χ2n) is 4.72. The summed E-state index contributed by atoms with van der Waals surface area (Å²) in [6, 6.07) is 0. The Labute approximate surface area is 109 Å². The third kappa shape index (κ3) is 6.93. The number of carbonyl (C=O) groups is 1. The number of hydrogen-bond acceptors (Lipinski definition) is 5. The number of ether oxygens (including phenoxy) is 1. The van der Waals surface area contributed by atoms with Gasteiger partial charge in [0.05, 0.1) is 18.6 Å². The Morgan fingerprint density at radius 2 is 1.67 bits per heavy atom. The number of aliphatic hydroxyl groups is 3. The van der Waals surface area contributed by atoms with Crippen molar-refractivity contribution in [3.8, 4) is 0 Å². The Hall–Kier alpha value is -0.650. The largest absolute Gasteiger partial charge is 0.465 e. The molecule has 3 N–H and O–H groups in total. The van der Waals surface area contributed by atoms with Crippen LogP contribution in [-0.4, -0.2) is 47.7 Å². The predicted molar refractivity (Wildman–Crippen MR) is 68.0 cm³/mol. The van der Waals surface area contributed by atoms with Gasteiger partial charge in [0.2, 0.25) is 0 Å². The molecule has 0 aliphatic rings. The molecule has 0 aliphatic carbocycles. The average Bonchev–Trinajstić information content (AvgIpc) is 2.41. The first kappa shape index (κ1) is 17.4. The standard InChI is InChI=1S/C13H26O5/c1-2-13(9-15,10-16)11-18-12(17)7-5-3-4-6-8-14/h14-16H,2-11H2,1H3. The Kier molecular flexibility index (Phi) is 9.92. The lowest BCUT2D eigenvalue weighted by Gasteiger charge is -2.27. The number of esters is 1. The van der Waals surface area contributed by atoms with Crippen molar-refractivity contribution in [3.05, 3.63) is 0 Å². The molecule has 0 spiro atoms. The summed E-state index contributed by atoms with van der Waals surface area (Å²) in [5.41, 5.74) is -0.716. The second-order valence-corrected chi connectivity index (χ2v) is 4.72. The van der Waals surface area contributed by atoms with Gasteiger partial charge in [0.15, 0.2) is 0 Å². The number of rotatable bonds is 11. The summed E-state index contributed by atoms with van der Waals surface area (Å²) in [5.74, 6) is -0.293. The molecule has 0 amide bonds. The van der Waals surface area contributed by atoms with Crippen molar-refractivity contribution >= 4 is 5.97 Å². The summed E-state index contributed by atoms with van der Waals surface area (Å²) in [6.45, 7) is 1.71. The van der Waals surface area contributed by atoms with E-state index in [9.17, 15) is 15.0 Å². The molecule has 0 radical (unpaired) electrons. The highest BCUT2D eigenvalue weighted by atomic mass is 16.5. The second kappa shape index (κ2) is 10.3. The SMILES string of the molecule is CCC(CO)(CO)COC(=O)CCCCCCO. The smallest absolute Gasteiger partial charge is 0.305 e. The van der Waals surface area contributed by atoms with Crippen LogP contribution in [0.5, 0.6) is 0 Å². The van der Waals surface area contributed by atoms with Crippen molar-refractivity contribution < 1.29 is 24.9 Å². The first-order valence-electron chi connectivity index (χ1n) is 6.62. The van der Waals surface area contributed by atoms with E-state index in [0.717, 1.165) is 25.7 Å². The van der Waals surface area contributed by atoms with Gasteiger partial charge in [-0.05, 0) is 19.3 Å². The molecular weight excluding hydrogens is 236 g/mol. The van der Waals surface area contributed by atoms with E-state index in [1.54, 1.807) is 0 Å². The van der Waals surface area contributed by atoms with Gasteiger partial charge in [-0.3, -0.25) is 4.79 Å². The fourth-order valence-electron chi connectivity index (χ4n) is 1.51. The molecule has 0 heterocycles. The van der Waals surface area contributed by atoms with Gasteiger partial charge >= 0.3 is 5.97 Å². The average molecular weight is 262 g/mol. The molecule has 0 unspecified atom stereocenters. The van der Waals surface area contributed by atoms with Crippen LogP contribution >= 0.6 is 0 Å².